The van der Waals surface area contributed by atoms with Crippen LogP contribution in [0.25, 0.3) is 0 Å². The van der Waals surface area contributed by atoms with Gasteiger partial charge in [0, 0.05) is 6.42 Å². The van der Waals surface area contributed by atoms with E-state index in [0.717, 1.165) is 17.9 Å². The summed E-state index contributed by atoms with van der Waals surface area (Å²) in [6.07, 6.45) is 3.99. The van der Waals surface area contributed by atoms with E-state index in [1.807, 2.05) is 0 Å². The summed E-state index contributed by atoms with van der Waals surface area (Å²) in [7, 11) is 0. The third kappa shape index (κ3) is 3.10. The van der Waals surface area contributed by atoms with Gasteiger partial charge in [0.15, 0.2) is 0 Å². The second-order valence-electron chi connectivity index (χ2n) is 5.83. The average Bonchev–Trinajstić information content (AvgIpc) is 3.33. The second kappa shape index (κ2) is 5.80. The number of aliphatic hydroxyl groups is 1. The van der Waals surface area contributed by atoms with Crippen LogP contribution >= 0.6 is 0 Å². The van der Waals surface area contributed by atoms with Crippen molar-refractivity contribution in [3.63, 3.8) is 0 Å². The van der Waals surface area contributed by atoms with Gasteiger partial charge in [0.2, 0.25) is 0 Å². The highest BCUT2D eigenvalue weighted by molar-refractivity contribution is 5.30. The van der Waals surface area contributed by atoms with Crippen molar-refractivity contribution in [2.45, 2.75) is 44.6 Å². The predicted octanol–water partition coefficient (Wildman–Crippen LogP) is 4.40. The molecule has 0 bridgehead atoms. The third-order valence-corrected chi connectivity index (χ3v) is 4.23. The zero-order valence-electron chi connectivity index (χ0n) is 12.0. The van der Waals surface area contributed by atoms with Crippen LogP contribution in [0, 0.1) is 0 Å². The number of rotatable bonds is 5. The zero-order valence-corrected chi connectivity index (χ0v) is 12.0. The summed E-state index contributed by atoms with van der Waals surface area (Å²) in [5.41, 5.74) is 4.99. The molecule has 2 aromatic rings. The maximum absolute atomic E-state index is 10.3. The van der Waals surface area contributed by atoms with Gasteiger partial charge in [-0.2, -0.15) is 0 Å². The first kappa shape index (κ1) is 13.4. The molecule has 20 heavy (non-hydrogen) atoms. The van der Waals surface area contributed by atoms with Crippen LogP contribution in [0.5, 0.6) is 0 Å². The fraction of sp³-hybridized carbons (Fsp3) is 0.368. The molecule has 3 rings (SSSR count). The second-order valence-corrected chi connectivity index (χ2v) is 5.83. The Morgan fingerprint density at radius 2 is 1.55 bits per heavy atom. The van der Waals surface area contributed by atoms with Crippen molar-refractivity contribution in [2.75, 3.05) is 0 Å². The average molecular weight is 266 g/mol. The Bertz CT molecular complexity index is 549. The zero-order chi connectivity index (χ0) is 13.9. The molecule has 1 aliphatic rings. The minimum atomic E-state index is -0.407. The Kier molecular flexibility index (Phi) is 3.88. The van der Waals surface area contributed by atoms with Crippen molar-refractivity contribution in [3.8, 4) is 0 Å². The van der Waals surface area contributed by atoms with E-state index in [9.17, 15) is 5.11 Å². The van der Waals surface area contributed by atoms with Crippen molar-refractivity contribution in [3.05, 3.63) is 70.8 Å². The molecule has 0 heterocycles. The monoisotopic (exact) mass is 266 g/mol. The van der Waals surface area contributed by atoms with Gasteiger partial charge in [-0.3, -0.25) is 0 Å². The summed E-state index contributed by atoms with van der Waals surface area (Å²) in [5.74, 6) is 0.780. The van der Waals surface area contributed by atoms with Crippen LogP contribution in [0.4, 0.5) is 0 Å². The Hall–Kier alpha value is -1.60. The first-order valence-electron chi connectivity index (χ1n) is 7.62. The summed E-state index contributed by atoms with van der Waals surface area (Å²) in [4.78, 5) is 0. The number of aliphatic hydroxyl groups excluding tert-OH is 1. The van der Waals surface area contributed by atoms with Crippen LogP contribution in [0.1, 0.15) is 54.0 Å². The van der Waals surface area contributed by atoms with E-state index in [1.54, 1.807) is 0 Å². The van der Waals surface area contributed by atoms with Gasteiger partial charge in [-0.25, -0.2) is 0 Å². The Morgan fingerprint density at radius 3 is 2.10 bits per heavy atom. The first-order valence-corrected chi connectivity index (χ1v) is 7.62. The van der Waals surface area contributed by atoms with Gasteiger partial charge >= 0.3 is 0 Å². The Labute approximate surface area is 121 Å². The molecule has 1 nitrogen and oxygen atoms in total. The fourth-order valence-electron chi connectivity index (χ4n) is 2.66. The molecule has 1 atom stereocenters. The van der Waals surface area contributed by atoms with E-state index in [0.29, 0.717) is 6.42 Å². The lowest BCUT2D eigenvalue weighted by Gasteiger charge is -2.12. The van der Waals surface area contributed by atoms with E-state index in [-0.39, 0.29) is 0 Å². The summed E-state index contributed by atoms with van der Waals surface area (Å²) < 4.78 is 0. The molecule has 0 aromatic heterocycles. The van der Waals surface area contributed by atoms with Crippen LogP contribution in [0.2, 0.25) is 0 Å². The van der Waals surface area contributed by atoms with Crippen LogP contribution in [0.15, 0.2) is 48.5 Å². The highest BCUT2D eigenvalue weighted by Crippen LogP contribution is 2.40. The van der Waals surface area contributed by atoms with E-state index in [1.165, 1.54) is 29.5 Å². The molecule has 0 radical (unpaired) electrons. The van der Waals surface area contributed by atoms with Crippen molar-refractivity contribution in [1.29, 1.82) is 0 Å². The highest BCUT2D eigenvalue weighted by atomic mass is 16.3. The molecule has 0 saturated heterocycles. The molecule has 1 heteroatoms. The molecule has 1 fully saturated rings. The van der Waals surface area contributed by atoms with Gasteiger partial charge < -0.3 is 5.11 Å². The van der Waals surface area contributed by atoms with Crippen molar-refractivity contribution in [1.82, 2.24) is 0 Å². The summed E-state index contributed by atoms with van der Waals surface area (Å²) in [6, 6.07) is 17.1. The molecule has 0 amide bonds. The van der Waals surface area contributed by atoms with E-state index >= 15 is 0 Å². The highest BCUT2D eigenvalue weighted by Gasteiger charge is 2.23. The number of hydrogen-bond acceptors (Lipinski definition) is 1. The van der Waals surface area contributed by atoms with Crippen LogP contribution in [0.3, 0.4) is 0 Å². The van der Waals surface area contributed by atoms with Crippen LogP contribution in [-0.4, -0.2) is 5.11 Å². The van der Waals surface area contributed by atoms with Gasteiger partial charge in [0.25, 0.3) is 0 Å². The molecular weight excluding hydrogens is 244 g/mol. The van der Waals surface area contributed by atoms with E-state index < -0.39 is 6.10 Å². The molecule has 1 unspecified atom stereocenters. The molecule has 0 aliphatic heterocycles. The number of benzene rings is 2. The number of hydrogen-bond donors (Lipinski definition) is 1. The first-order chi connectivity index (χ1) is 9.76. The topological polar surface area (TPSA) is 20.2 Å². The SMILES string of the molecule is CCc1ccc(CC(O)c2ccc(C3CC3)cc2)cc1. The Balaban J connectivity index is 1.66. The van der Waals surface area contributed by atoms with E-state index in [2.05, 4.69) is 55.5 Å². The Morgan fingerprint density at radius 1 is 0.950 bits per heavy atom. The fourth-order valence-corrected chi connectivity index (χ4v) is 2.66. The summed E-state index contributed by atoms with van der Waals surface area (Å²) in [5, 5.41) is 10.3. The van der Waals surface area contributed by atoms with Gasteiger partial charge in [0.05, 0.1) is 6.10 Å². The quantitative estimate of drug-likeness (QED) is 0.850. The maximum Gasteiger partial charge on any atom is 0.0830 e. The number of aryl methyl sites for hydroxylation is 1. The molecule has 1 saturated carbocycles. The van der Waals surface area contributed by atoms with Crippen molar-refractivity contribution in [2.24, 2.45) is 0 Å². The minimum absolute atomic E-state index is 0.407. The molecule has 1 aliphatic carbocycles. The summed E-state index contributed by atoms with van der Waals surface area (Å²) >= 11 is 0. The maximum atomic E-state index is 10.3. The molecule has 2 aromatic carbocycles. The van der Waals surface area contributed by atoms with Crippen molar-refractivity contribution < 1.29 is 5.11 Å². The van der Waals surface area contributed by atoms with Crippen LogP contribution in [-0.2, 0) is 12.8 Å². The smallest absolute Gasteiger partial charge is 0.0830 e. The lowest BCUT2D eigenvalue weighted by atomic mass is 9.98. The molecular formula is C19H22O. The molecule has 0 spiro atoms. The molecule has 1 N–H and O–H groups in total. The largest absolute Gasteiger partial charge is 0.388 e. The van der Waals surface area contributed by atoms with Gasteiger partial charge in [-0.15, -0.1) is 0 Å². The third-order valence-electron chi connectivity index (χ3n) is 4.23. The normalized spacial score (nSPS) is 16.1. The van der Waals surface area contributed by atoms with Gasteiger partial charge in [-0.05, 0) is 47.4 Å². The predicted molar refractivity (Wildman–Crippen MR) is 82.9 cm³/mol. The lowest BCUT2D eigenvalue weighted by molar-refractivity contribution is 0.178. The summed E-state index contributed by atoms with van der Waals surface area (Å²) in [6.45, 7) is 2.16. The van der Waals surface area contributed by atoms with Gasteiger partial charge in [-0.1, -0.05) is 55.5 Å². The minimum Gasteiger partial charge on any atom is -0.388 e. The van der Waals surface area contributed by atoms with Crippen molar-refractivity contribution >= 4 is 0 Å². The van der Waals surface area contributed by atoms with Gasteiger partial charge in [0.1, 0.15) is 0 Å². The standard InChI is InChI=1S/C19H22O/c1-2-14-3-5-15(6-4-14)13-19(20)18-11-9-17(10-12-18)16-7-8-16/h3-6,9-12,16,19-20H,2,7-8,13H2,1H3. The van der Waals surface area contributed by atoms with Crippen LogP contribution < -0.4 is 0 Å². The molecule has 104 valence electrons. The van der Waals surface area contributed by atoms with E-state index in [4.69, 9.17) is 0 Å². The lowest BCUT2D eigenvalue weighted by Crippen LogP contribution is -2.02.